The van der Waals surface area contributed by atoms with E-state index in [4.69, 9.17) is 5.11 Å². The molecule has 0 bridgehead atoms. The predicted molar refractivity (Wildman–Crippen MR) is 82.4 cm³/mol. The highest BCUT2D eigenvalue weighted by molar-refractivity contribution is 5.87. The summed E-state index contributed by atoms with van der Waals surface area (Å²) in [5.74, 6) is -0.647. The van der Waals surface area contributed by atoms with E-state index in [0.29, 0.717) is 17.5 Å². The Bertz CT molecular complexity index is 663. The van der Waals surface area contributed by atoms with Crippen molar-refractivity contribution in [2.24, 2.45) is 0 Å². The van der Waals surface area contributed by atoms with Crippen LogP contribution in [0.2, 0.25) is 0 Å². The Morgan fingerprint density at radius 2 is 1.91 bits per heavy atom. The number of benzene rings is 2. The molecule has 1 fully saturated rings. The summed E-state index contributed by atoms with van der Waals surface area (Å²) in [6, 6.07) is 14.2. The number of hydrogen-bond acceptors (Lipinski definition) is 2. The Balaban J connectivity index is 1.47. The van der Waals surface area contributed by atoms with Gasteiger partial charge in [-0.1, -0.05) is 24.3 Å². The van der Waals surface area contributed by atoms with Crippen molar-refractivity contribution in [3.05, 3.63) is 71.0 Å². The zero-order chi connectivity index (χ0) is 15.5. The fourth-order valence-electron chi connectivity index (χ4n) is 2.84. The molecule has 0 aliphatic heterocycles. The first kappa shape index (κ1) is 14.7. The maximum atomic E-state index is 13.2. The van der Waals surface area contributed by atoms with Gasteiger partial charge in [0.25, 0.3) is 0 Å². The van der Waals surface area contributed by atoms with Gasteiger partial charge in [0.15, 0.2) is 0 Å². The molecule has 0 saturated heterocycles. The van der Waals surface area contributed by atoms with E-state index < -0.39 is 5.97 Å². The molecule has 2 N–H and O–H groups in total. The Morgan fingerprint density at radius 3 is 2.55 bits per heavy atom. The quantitative estimate of drug-likeness (QED) is 0.887. The maximum Gasteiger partial charge on any atom is 0.335 e. The van der Waals surface area contributed by atoms with E-state index in [1.54, 1.807) is 24.3 Å². The largest absolute Gasteiger partial charge is 0.478 e. The van der Waals surface area contributed by atoms with Crippen molar-refractivity contribution in [2.45, 2.75) is 31.3 Å². The number of rotatable bonds is 5. The highest BCUT2D eigenvalue weighted by Crippen LogP contribution is 2.37. The smallest absolute Gasteiger partial charge is 0.335 e. The van der Waals surface area contributed by atoms with Gasteiger partial charge in [-0.05, 0) is 54.2 Å². The Morgan fingerprint density at radius 1 is 1.18 bits per heavy atom. The number of carboxylic acid groups (broad SMARTS) is 1. The molecule has 114 valence electrons. The molecule has 0 aromatic heterocycles. The van der Waals surface area contributed by atoms with E-state index in [1.165, 1.54) is 6.07 Å². The van der Waals surface area contributed by atoms with Crippen molar-refractivity contribution in [3.8, 4) is 0 Å². The molecule has 3 rings (SSSR count). The first-order valence-corrected chi connectivity index (χ1v) is 7.43. The number of nitrogens with one attached hydrogen (secondary N) is 1. The van der Waals surface area contributed by atoms with Crippen molar-refractivity contribution in [3.63, 3.8) is 0 Å². The van der Waals surface area contributed by atoms with Crippen molar-refractivity contribution in [2.75, 3.05) is 0 Å². The number of hydrogen-bond donors (Lipinski definition) is 2. The normalized spacial score (nSPS) is 20.4. The van der Waals surface area contributed by atoms with Crippen LogP contribution in [0.1, 0.15) is 40.2 Å². The number of carboxylic acids is 1. The fourth-order valence-corrected chi connectivity index (χ4v) is 2.84. The van der Waals surface area contributed by atoms with E-state index in [0.717, 1.165) is 30.5 Å². The molecule has 0 amide bonds. The molecule has 0 radical (unpaired) electrons. The summed E-state index contributed by atoms with van der Waals surface area (Å²) >= 11 is 0. The van der Waals surface area contributed by atoms with E-state index >= 15 is 0 Å². The Labute approximate surface area is 128 Å². The van der Waals surface area contributed by atoms with E-state index in [-0.39, 0.29) is 5.82 Å². The van der Waals surface area contributed by atoms with Gasteiger partial charge in [0.1, 0.15) is 5.82 Å². The lowest BCUT2D eigenvalue weighted by atomic mass is 9.76. The molecule has 1 aliphatic carbocycles. The molecule has 0 heterocycles. The summed E-state index contributed by atoms with van der Waals surface area (Å²) in [7, 11) is 0. The molecule has 1 saturated carbocycles. The molecule has 0 unspecified atom stereocenters. The zero-order valence-electron chi connectivity index (χ0n) is 12.1. The van der Waals surface area contributed by atoms with Crippen LogP contribution in [0, 0.1) is 5.82 Å². The minimum Gasteiger partial charge on any atom is -0.478 e. The maximum absolute atomic E-state index is 13.2. The summed E-state index contributed by atoms with van der Waals surface area (Å²) in [6.07, 6.45) is 2.02. The average molecular weight is 299 g/mol. The first-order valence-electron chi connectivity index (χ1n) is 7.43. The van der Waals surface area contributed by atoms with E-state index in [2.05, 4.69) is 5.32 Å². The van der Waals surface area contributed by atoms with Crippen molar-refractivity contribution >= 4 is 5.97 Å². The van der Waals surface area contributed by atoms with Gasteiger partial charge >= 0.3 is 5.97 Å². The lowest BCUT2D eigenvalue weighted by Gasteiger charge is -2.36. The van der Waals surface area contributed by atoms with Gasteiger partial charge in [-0.15, -0.1) is 0 Å². The number of aromatic carboxylic acids is 1. The molecular formula is C18H18FNO2. The predicted octanol–water partition coefficient (Wildman–Crippen LogP) is 3.56. The molecule has 2 aromatic rings. The summed E-state index contributed by atoms with van der Waals surface area (Å²) in [4.78, 5) is 10.8. The highest BCUT2D eigenvalue weighted by Gasteiger charge is 2.29. The monoisotopic (exact) mass is 299 g/mol. The summed E-state index contributed by atoms with van der Waals surface area (Å²) in [5.41, 5.74) is 2.45. The first-order chi connectivity index (χ1) is 10.6. The Kier molecular flexibility index (Phi) is 4.20. The van der Waals surface area contributed by atoms with Crippen molar-refractivity contribution in [1.29, 1.82) is 0 Å². The minimum absolute atomic E-state index is 0.174. The molecule has 1 aliphatic rings. The van der Waals surface area contributed by atoms with Crippen LogP contribution in [0.4, 0.5) is 4.39 Å². The standard InChI is InChI=1S/C18H18FNO2/c19-16-3-1-2-14(8-16)15-9-17(10-15)20-11-12-4-6-13(7-5-12)18(21)22/h1-8,15,17,20H,9-11H2,(H,21,22). The second kappa shape index (κ2) is 6.28. The minimum atomic E-state index is -0.906. The number of carbonyl (C=O) groups is 1. The summed E-state index contributed by atoms with van der Waals surface area (Å²) in [6.45, 7) is 0.723. The second-order valence-electron chi connectivity index (χ2n) is 5.80. The van der Waals surface area contributed by atoms with Crippen LogP contribution in [-0.2, 0) is 6.54 Å². The van der Waals surface area contributed by atoms with Gasteiger partial charge in [0.2, 0.25) is 0 Å². The van der Waals surface area contributed by atoms with Crippen LogP contribution < -0.4 is 5.32 Å². The summed E-state index contributed by atoms with van der Waals surface area (Å²) < 4.78 is 13.2. The fraction of sp³-hybridized carbons (Fsp3) is 0.278. The molecule has 2 aromatic carbocycles. The van der Waals surface area contributed by atoms with Crippen molar-refractivity contribution < 1.29 is 14.3 Å². The van der Waals surface area contributed by atoms with Gasteiger partial charge in [-0.3, -0.25) is 0 Å². The van der Waals surface area contributed by atoms with E-state index in [9.17, 15) is 9.18 Å². The van der Waals surface area contributed by atoms with Crippen molar-refractivity contribution in [1.82, 2.24) is 5.32 Å². The molecule has 3 nitrogen and oxygen atoms in total. The van der Waals surface area contributed by atoms with Crippen LogP contribution in [0.5, 0.6) is 0 Å². The molecule has 0 spiro atoms. The lowest BCUT2D eigenvalue weighted by Crippen LogP contribution is -2.39. The molecule has 4 heteroatoms. The van der Waals surface area contributed by atoms with Gasteiger partial charge in [-0.25, -0.2) is 9.18 Å². The molecule has 0 atom stereocenters. The summed E-state index contributed by atoms with van der Waals surface area (Å²) in [5, 5.41) is 12.3. The van der Waals surface area contributed by atoms with Gasteiger partial charge in [0, 0.05) is 12.6 Å². The van der Waals surface area contributed by atoms with Crippen LogP contribution in [0.15, 0.2) is 48.5 Å². The van der Waals surface area contributed by atoms with Crippen LogP contribution in [0.25, 0.3) is 0 Å². The molecule has 22 heavy (non-hydrogen) atoms. The zero-order valence-corrected chi connectivity index (χ0v) is 12.1. The topological polar surface area (TPSA) is 49.3 Å². The van der Waals surface area contributed by atoms with Crippen LogP contribution in [-0.4, -0.2) is 17.1 Å². The van der Waals surface area contributed by atoms with E-state index in [1.807, 2.05) is 18.2 Å². The Hall–Kier alpha value is -2.20. The molecular weight excluding hydrogens is 281 g/mol. The third-order valence-corrected chi connectivity index (χ3v) is 4.25. The second-order valence-corrected chi connectivity index (χ2v) is 5.80. The van der Waals surface area contributed by atoms with Gasteiger partial charge in [0.05, 0.1) is 5.56 Å². The average Bonchev–Trinajstić information content (AvgIpc) is 2.46. The van der Waals surface area contributed by atoms with Crippen LogP contribution >= 0.6 is 0 Å². The van der Waals surface area contributed by atoms with Gasteiger partial charge in [-0.2, -0.15) is 0 Å². The number of halogens is 1. The lowest BCUT2D eigenvalue weighted by molar-refractivity contribution is 0.0697. The third kappa shape index (κ3) is 3.34. The third-order valence-electron chi connectivity index (χ3n) is 4.25. The highest BCUT2D eigenvalue weighted by atomic mass is 19.1. The SMILES string of the molecule is O=C(O)c1ccc(CNC2CC(c3cccc(F)c3)C2)cc1. The van der Waals surface area contributed by atoms with Crippen LogP contribution in [0.3, 0.4) is 0 Å². The van der Waals surface area contributed by atoms with Gasteiger partial charge < -0.3 is 10.4 Å².